The molecule has 0 spiro atoms. The number of nitrogens with one attached hydrogen (secondary N) is 1. The van der Waals surface area contributed by atoms with E-state index in [2.05, 4.69) is 20.2 Å². The van der Waals surface area contributed by atoms with E-state index in [0.29, 0.717) is 12.1 Å². The SMILES string of the molecule is CCCS(=O)(=O)Nc1ccc(C)c(-n2cnnn2)c1. The van der Waals surface area contributed by atoms with Gasteiger partial charge in [-0.2, -0.15) is 0 Å². The summed E-state index contributed by atoms with van der Waals surface area (Å²) in [7, 11) is -3.29. The van der Waals surface area contributed by atoms with Crippen molar-refractivity contribution in [3.8, 4) is 5.69 Å². The number of anilines is 1. The number of tetrazole rings is 1. The molecule has 0 aliphatic rings. The first-order valence-corrected chi connectivity index (χ1v) is 7.51. The molecule has 102 valence electrons. The number of nitrogens with zero attached hydrogens (tertiary/aromatic N) is 4. The fourth-order valence-electron chi connectivity index (χ4n) is 1.69. The number of hydrogen-bond donors (Lipinski definition) is 1. The minimum absolute atomic E-state index is 0.0983. The topological polar surface area (TPSA) is 89.8 Å². The Bertz CT molecular complexity index is 652. The number of rotatable bonds is 5. The van der Waals surface area contributed by atoms with Crippen molar-refractivity contribution < 1.29 is 8.42 Å². The number of sulfonamides is 1. The van der Waals surface area contributed by atoms with Gasteiger partial charge in [0, 0.05) is 0 Å². The molecule has 0 bridgehead atoms. The van der Waals surface area contributed by atoms with Crippen LogP contribution in [-0.4, -0.2) is 34.4 Å². The molecule has 1 aromatic carbocycles. The van der Waals surface area contributed by atoms with E-state index in [9.17, 15) is 8.42 Å². The van der Waals surface area contributed by atoms with E-state index >= 15 is 0 Å². The van der Waals surface area contributed by atoms with E-state index in [0.717, 1.165) is 11.3 Å². The highest BCUT2D eigenvalue weighted by atomic mass is 32.2. The van der Waals surface area contributed by atoms with Gasteiger partial charge in [0.15, 0.2) is 0 Å². The summed E-state index contributed by atoms with van der Waals surface area (Å²) in [5, 5.41) is 10.9. The number of aryl methyl sites for hydroxylation is 1. The van der Waals surface area contributed by atoms with Crippen molar-refractivity contribution in [2.24, 2.45) is 0 Å². The molecule has 7 nitrogen and oxygen atoms in total. The Morgan fingerprint density at radius 3 is 2.79 bits per heavy atom. The lowest BCUT2D eigenvalue weighted by atomic mass is 10.2. The van der Waals surface area contributed by atoms with E-state index in [1.807, 2.05) is 19.9 Å². The maximum absolute atomic E-state index is 11.7. The maximum atomic E-state index is 11.7. The van der Waals surface area contributed by atoms with Crippen LogP contribution in [0.1, 0.15) is 18.9 Å². The van der Waals surface area contributed by atoms with Crippen molar-refractivity contribution in [2.45, 2.75) is 20.3 Å². The van der Waals surface area contributed by atoms with Gasteiger partial charge in [-0.1, -0.05) is 13.0 Å². The third-order valence-corrected chi connectivity index (χ3v) is 4.04. The zero-order chi connectivity index (χ0) is 13.9. The first kappa shape index (κ1) is 13.5. The van der Waals surface area contributed by atoms with Crippen LogP contribution in [0.25, 0.3) is 5.69 Å². The van der Waals surface area contributed by atoms with Crippen molar-refractivity contribution in [1.82, 2.24) is 20.2 Å². The van der Waals surface area contributed by atoms with Crippen molar-refractivity contribution >= 4 is 15.7 Å². The molecule has 19 heavy (non-hydrogen) atoms. The van der Waals surface area contributed by atoms with Gasteiger partial charge in [-0.25, -0.2) is 13.1 Å². The van der Waals surface area contributed by atoms with Crippen molar-refractivity contribution in [2.75, 3.05) is 10.5 Å². The van der Waals surface area contributed by atoms with Gasteiger partial charge in [-0.05, 0) is 41.5 Å². The molecule has 0 aliphatic heterocycles. The quantitative estimate of drug-likeness (QED) is 0.887. The molecule has 1 heterocycles. The Labute approximate surface area is 111 Å². The molecule has 0 atom stereocenters. The molecule has 1 aromatic heterocycles. The monoisotopic (exact) mass is 281 g/mol. The average molecular weight is 281 g/mol. The lowest BCUT2D eigenvalue weighted by Crippen LogP contribution is -2.16. The average Bonchev–Trinajstić information content (AvgIpc) is 2.84. The molecule has 1 N–H and O–H groups in total. The third kappa shape index (κ3) is 3.28. The zero-order valence-corrected chi connectivity index (χ0v) is 11.6. The molecule has 0 unspecified atom stereocenters. The van der Waals surface area contributed by atoms with Gasteiger partial charge in [0.25, 0.3) is 0 Å². The molecule has 0 saturated carbocycles. The Morgan fingerprint density at radius 2 is 2.16 bits per heavy atom. The van der Waals surface area contributed by atoms with Gasteiger partial charge < -0.3 is 0 Å². The zero-order valence-electron chi connectivity index (χ0n) is 10.7. The van der Waals surface area contributed by atoms with Gasteiger partial charge in [0.1, 0.15) is 6.33 Å². The second-order valence-corrected chi connectivity index (χ2v) is 6.02. The molecule has 0 amide bonds. The summed E-state index contributed by atoms with van der Waals surface area (Å²) in [5.74, 6) is 0.0983. The number of hydrogen-bond acceptors (Lipinski definition) is 5. The van der Waals surface area contributed by atoms with Crippen molar-refractivity contribution in [3.63, 3.8) is 0 Å². The molecule has 8 heteroatoms. The predicted octanol–water partition coefficient (Wildman–Crippen LogP) is 1.12. The van der Waals surface area contributed by atoms with Gasteiger partial charge in [-0.3, -0.25) is 4.72 Å². The highest BCUT2D eigenvalue weighted by Crippen LogP contribution is 2.19. The van der Waals surface area contributed by atoms with Crippen LogP contribution in [0.15, 0.2) is 24.5 Å². The molecule has 0 radical (unpaired) electrons. The molecular formula is C11H15N5O2S. The van der Waals surface area contributed by atoms with Crippen molar-refractivity contribution in [3.05, 3.63) is 30.1 Å². The van der Waals surface area contributed by atoms with Gasteiger partial charge in [-0.15, -0.1) is 5.10 Å². The normalized spacial score (nSPS) is 11.5. The minimum Gasteiger partial charge on any atom is -0.283 e. The molecule has 0 aliphatic carbocycles. The largest absolute Gasteiger partial charge is 0.283 e. The van der Waals surface area contributed by atoms with Crippen LogP contribution in [-0.2, 0) is 10.0 Å². The highest BCUT2D eigenvalue weighted by molar-refractivity contribution is 7.92. The smallest absolute Gasteiger partial charge is 0.232 e. The lowest BCUT2D eigenvalue weighted by Gasteiger charge is -2.10. The highest BCUT2D eigenvalue weighted by Gasteiger charge is 2.10. The standard InChI is InChI=1S/C11H15N5O2S/c1-3-6-19(17,18)13-10-5-4-9(2)11(7-10)16-8-12-14-15-16/h4-5,7-8,13H,3,6H2,1-2H3. The first-order chi connectivity index (χ1) is 9.02. The molecule has 2 rings (SSSR count). The summed E-state index contributed by atoms with van der Waals surface area (Å²) in [6, 6.07) is 5.25. The van der Waals surface area contributed by atoms with Crippen LogP contribution in [0.2, 0.25) is 0 Å². The summed E-state index contributed by atoms with van der Waals surface area (Å²) in [5.41, 5.74) is 2.19. The summed E-state index contributed by atoms with van der Waals surface area (Å²) >= 11 is 0. The summed E-state index contributed by atoms with van der Waals surface area (Å²) in [6.45, 7) is 3.72. The van der Waals surface area contributed by atoms with E-state index in [4.69, 9.17) is 0 Å². The predicted molar refractivity (Wildman–Crippen MR) is 71.6 cm³/mol. The van der Waals surface area contributed by atoms with Crippen LogP contribution in [0.4, 0.5) is 5.69 Å². The van der Waals surface area contributed by atoms with Crippen LogP contribution < -0.4 is 4.72 Å². The summed E-state index contributed by atoms with van der Waals surface area (Å²) < 4.78 is 27.5. The fraction of sp³-hybridized carbons (Fsp3) is 0.364. The van der Waals surface area contributed by atoms with Gasteiger partial charge >= 0.3 is 0 Å². The van der Waals surface area contributed by atoms with E-state index in [1.165, 1.54) is 11.0 Å². The Hall–Kier alpha value is -1.96. The van der Waals surface area contributed by atoms with Crippen LogP contribution in [0.5, 0.6) is 0 Å². The molecule has 2 aromatic rings. The fourth-order valence-corrected chi connectivity index (χ4v) is 2.82. The Balaban J connectivity index is 2.32. The number of aromatic nitrogens is 4. The number of benzene rings is 1. The van der Waals surface area contributed by atoms with Gasteiger partial charge in [0.05, 0.1) is 17.1 Å². The van der Waals surface area contributed by atoms with E-state index < -0.39 is 10.0 Å². The second kappa shape index (κ2) is 5.35. The van der Waals surface area contributed by atoms with Gasteiger partial charge in [0.2, 0.25) is 10.0 Å². The van der Waals surface area contributed by atoms with E-state index in [-0.39, 0.29) is 5.75 Å². The first-order valence-electron chi connectivity index (χ1n) is 5.86. The van der Waals surface area contributed by atoms with E-state index in [1.54, 1.807) is 12.1 Å². The molecular weight excluding hydrogens is 266 g/mol. The lowest BCUT2D eigenvalue weighted by molar-refractivity contribution is 0.600. The van der Waals surface area contributed by atoms with Crippen LogP contribution in [0, 0.1) is 6.92 Å². The van der Waals surface area contributed by atoms with Crippen LogP contribution in [0.3, 0.4) is 0 Å². The summed E-state index contributed by atoms with van der Waals surface area (Å²) in [4.78, 5) is 0. The Kier molecular flexibility index (Phi) is 3.79. The summed E-state index contributed by atoms with van der Waals surface area (Å²) in [6.07, 6.45) is 2.04. The minimum atomic E-state index is -3.29. The molecule has 0 fully saturated rings. The van der Waals surface area contributed by atoms with Crippen LogP contribution >= 0.6 is 0 Å². The van der Waals surface area contributed by atoms with Crippen molar-refractivity contribution in [1.29, 1.82) is 0 Å². The third-order valence-electron chi connectivity index (χ3n) is 2.55. The second-order valence-electron chi connectivity index (χ2n) is 4.18. The maximum Gasteiger partial charge on any atom is 0.232 e. The molecule has 0 saturated heterocycles. The Morgan fingerprint density at radius 1 is 1.37 bits per heavy atom.